The van der Waals surface area contributed by atoms with Crippen molar-refractivity contribution in [1.29, 1.82) is 0 Å². The Hall–Kier alpha value is -1.39. The van der Waals surface area contributed by atoms with E-state index < -0.39 is 0 Å². The van der Waals surface area contributed by atoms with Gasteiger partial charge in [-0.25, -0.2) is 9.67 Å². The molecule has 2 rings (SSSR count). The van der Waals surface area contributed by atoms with Crippen molar-refractivity contribution in [3.05, 3.63) is 40.4 Å². The lowest BCUT2D eigenvalue weighted by Gasteiger charge is -2.13. The Morgan fingerprint density at radius 2 is 2.05 bits per heavy atom. The number of halogens is 1. The second kappa shape index (κ2) is 6.37. The van der Waals surface area contributed by atoms with Crippen molar-refractivity contribution in [2.45, 2.75) is 34.2 Å². The van der Waals surface area contributed by atoms with Crippen LogP contribution in [0, 0.1) is 19.8 Å². The minimum atomic E-state index is 0.619. The quantitative estimate of drug-likeness (QED) is 0.919. The van der Waals surface area contributed by atoms with Crippen LogP contribution in [-0.2, 0) is 6.54 Å². The number of hydrogen-bond donors (Lipinski definition) is 1. The lowest BCUT2D eigenvalue weighted by molar-refractivity contribution is 0.551. The zero-order valence-corrected chi connectivity index (χ0v) is 13.2. The zero-order valence-electron chi connectivity index (χ0n) is 12.4. The van der Waals surface area contributed by atoms with Crippen molar-refractivity contribution in [1.82, 2.24) is 20.1 Å². The van der Waals surface area contributed by atoms with Crippen LogP contribution in [0.1, 0.15) is 31.1 Å². The molecule has 0 saturated heterocycles. The molecule has 0 bridgehead atoms. The third-order valence-corrected chi connectivity index (χ3v) is 3.25. The van der Waals surface area contributed by atoms with Crippen LogP contribution in [0.25, 0.3) is 5.69 Å². The van der Waals surface area contributed by atoms with Crippen LogP contribution in [0.3, 0.4) is 0 Å². The molecule has 1 aromatic carbocycles. The van der Waals surface area contributed by atoms with E-state index >= 15 is 0 Å². The predicted octanol–water partition coefficient (Wildman–Crippen LogP) is 3.28. The molecule has 0 atom stereocenters. The largest absolute Gasteiger partial charge is 0.312 e. The van der Waals surface area contributed by atoms with Gasteiger partial charge in [-0.05, 0) is 50.1 Å². The molecule has 0 fully saturated rings. The lowest BCUT2D eigenvalue weighted by Crippen LogP contribution is -2.20. The van der Waals surface area contributed by atoms with Crippen LogP contribution in [0.2, 0.25) is 5.02 Å². The van der Waals surface area contributed by atoms with E-state index in [1.165, 1.54) is 0 Å². The number of rotatable bonds is 5. The second-order valence-electron chi connectivity index (χ2n) is 5.42. The molecule has 0 unspecified atom stereocenters. The van der Waals surface area contributed by atoms with E-state index in [4.69, 9.17) is 11.6 Å². The third kappa shape index (κ3) is 3.58. The van der Waals surface area contributed by atoms with Gasteiger partial charge in [-0.2, -0.15) is 5.10 Å². The van der Waals surface area contributed by atoms with Crippen molar-refractivity contribution in [2.24, 2.45) is 5.92 Å². The van der Waals surface area contributed by atoms with E-state index in [2.05, 4.69) is 29.2 Å². The van der Waals surface area contributed by atoms with Crippen LogP contribution in [0.4, 0.5) is 0 Å². The first-order chi connectivity index (χ1) is 9.47. The standard InChI is InChI=1S/C15H21ClN4/c1-10(2)8-17-9-13-7-14(16)5-6-15(13)20-12(4)18-11(3)19-20/h5-7,10,17H,8-9H2,1-4H3. The molecule has 4 nitrogen and oxygen atoms in total. The fourth-order valence-electron chi connectivity index (χ4n) is 2.15. The van der Waals surface area contributed by atoms with Crippen molar-refractivity contribution in [3.8, 4) is 5.69 Å². The summed E-state index contributed by atoms with van der Waals surface area (Å²) in [6.45, 7) is 9.98. The Labute approximate surface area is 125 Å². The van der Waals surface area contributed by atoms with Crippen molar-refractivity contribution in [3.63, 3.8) is 0 Å². The predicted molar refractivity (Wildman–Crippen MR) is 82.4 cm³/mol. The highest BCUT2D eigenvalue weighted by Crippen LogP contribution is 2.20. The number of nitrogens with one attached hydrogen (secondary N) is 1. The van der Waals surface area contributed by atoms with Gasteiger partial charge in [-0.1, -0.05) is 25.4 Å². The molecule has 0 aliphatic heterocycles. The maximum atomic E-state index is 6.12. The van der Waals surface area contributed by atoms with E-state index in [-0.39, 0.29) is 0 Å². The Morgan fingerprint density at radius 3 is 2.65 bits per heavy atom. The first-order valence-electron chi connectivity index (χ1n) is 6.87. The number of hydrogen-bond acceptors (Lipinski definition) is 3. The number of aryl methyl sites for hydroxylation is 2. The number of benzene rings is 1. The summed E-state index contributed by atoms with van der Waals surface area (Å²) in [5.41, 5.74) is 2.16. The normalized spacial score (nSPS) is 11.3. The SMILES string of the molecule is Cc1nc(C)n(-c2ccc(Cl)cc2CNCC(C)C)n1. The Bertz CT molecular complexity index is 590. The smallest absolute Gasteiger partial charge is 0.148 e. The van der Waals surface area contributed by atoms with Crippen LogP contribution in [0.15, 0.2) is 18.2 Å². The Kier molecular flexibility index (Phi) is 4.78. The highest BCUT2D eigenvalue weighted by atomic mass is 35.5. The van der Waals surface area contributed by atoms with Crippen LogP contribution in [0.5, 0.6) is 0 Å². The van der Waals surface area contributed by atoms with Gasteiger partial charge in [0.1, 0.15) is 11.6 Å². The van der Waals surface area contributed by atoms with E-state index in [1.54, 1.807) is 0 Å². The summed E-state index contributed by atoms with van der Waals surface area (Å²) in [7, 11) is 0. The van der Waals surface area contributed by atoms with Crippen LogP contribution >= 0.6 is 11.6 Å². The van der Waals surface area contributed by atoms with Gasteiger partial charge in [-0.3, -0.25) is 0 Å². The number of nitrogens with zero attached hydrogens (tertiary/aromatic N) is 3. The highest BCUT2D eigenvalue weighted by Gasteiger charge is 2.10. The molecular formula is C15H21ClN4. The van der Waals surface area contributed by atoms with Gasteiger partial charge in [0.25, 0.3) is 0 Å². The molecule has 1 heterocycles. The summed E-state index contributed by atoms with van der Waals surface area (Å²) in [5, 5.41) is 8.63. The van der Waals surface area contributed by atoms with E-state index in [9.17, 15) is 0 Å². The summed E-state index contributed by atoms with van der Waals surface area (Å²) in [5.74, 6) is 2.28. The van der Waals surface area contributed by atoms with Gasteiger partial charge in [0.15, 0.2) is 0 Å². The fourth-order valence-corrected chi connectivity index (χ4v) is 2.34. The minimum Gasteiger partial charge on any atom is -0.312 e. The van der Waals surface area contributed by atoms with Gasteiger partial charge >= 0.3 is 0 Å². The molecule has 1 N–H and O–H groups in total. The van der Waals surface area contributed by atoms with Crippen molar-refractivity contribution in [2.75, 3.05) is 6.54 Å². The molecule has 0 radical (unpaired) electrons. The molecule has 108 valence electrons. The molecule has 0 saturated carbocycles. The van der Waals surface area contributed by atoms with Gasteiger partial charge in [-0.15, -0.1) is 0 Å². The Morgan fingerprint density at radius 1 is 1.30 bits per heavy atom. The molecule has 0 amide bonds. The van der Waals surface area contributed by atoms with E-state index in [1.807, 2.05) is 36.7 Å². The highest BCUT2D eigenvalue weighted by molar-refractivity contribution is 6.30. The molecule has 2 aromatic rings. The molecule has 1 aromatic heterocycles. The van der Waals surface area contributed by atoms with Gasteiger partial charge < -0.3 is 5.32 Å². The minimum absolute atomic E-state index is 0.619. The summed E-state index contributed by atoms with van der Waals surface area (Å²) in [6.07, 6.45) is 0. The average Bonchev–Trinajstić information content (AvgIpc) is 2.68. The molecule has 20 heavy (non-hydrogen) atoms. The van der Waals surface area contributed by atoms with Crippen LogP contribution < -0.4 is 5.32 Å². The third-order valence-electron chi connectivity index (χ3n) is 3.01. The Balaban J connectivity index is 2.30. The fraction of sp³-hybridized carbons (Fsp3) is 0.467. The van der Waals surface area contributed by atoms with Crippen molar-refractivity contribution >= 4 is 11.6 Å². The second-order valence-corrected chi connectivity index (χ2v) is 5.85. The summed E-state index contributed by atoms with van der Waals surface area (Å²) < 4.78 is 1.87. The average molecular weight is 293 g/mol. The lowest BCUT2D eigenvalue weighted by atomic mass is 10.1. The molecule has 5 heteroatoms. The van der Waals surface area contributed by atoms with Crippen molar-refractivity contribution < 1.29 is 0 Å². The van der Waals surface area contributed by atoms with E-state index in [0.717, 1.165) is 41.0 Å². The topological polar surface area (TPSA) is 42.7 Å². The first-order valence-corrected chi connectivity index (χ1v) is 7.25. The summed E-state index contributed by atoms with van der Waals surface area (Å²) in [4.78, 5) is 4.36. The summed E-state index contributed by atoms with van der Waals surface area (Å²) >= 11 is 6.12. The number of aromatic nitrogens is 3. The van der Waals surface area contributed by atoms with Gasteiger partial charge in [0.05, 0.1) is 5.69 Å². The zero-order chi connectivity index (χ0) is 14.7. The monoisotopic (exact) mass is 292 g/mol. The van der Waals surface area contributed by atoms with Gasteiger partial charge in [0.2, 0.25) is 0 Å². The maximum Gasteiger partial charge on any atom is 0.148 e. The van der Waals surface area contributed by atoms with E-state index in [0.29, 0.717) is 5.92 Å². The molecule has 0 aliphatic rings. The van der Waals surface area contributed by atoms with Gasteiger partial charge in [0, 0.05) is 11.6 Å². The molecule has 0 spiro atoms. The first kappa shape index (κ1) is 15.0. The maximum absolute atomic E-state index is 6.12. The molecule has 0 aliphatic carbocycles. The summed E-state index contributed by atoms with van der Waals surface area (Å²) in [6, 6.07) is 5.87. The molecular weight excluding hydrogens is 272 g/mol. The van der Waals surface area contributed by atoms with Crippen LogP contribution in [-0.4, -0.2) is 21.3 Å².